The zero-order chi connectivity index (χ0) is 7.68. The van der Waals surface area contributed by atoms with Crippen molar-refractivity contribution in [2.24, 2.45) is 0 Å². The van der Waals surface area contributed by atoms with Gasteiger partial charge in [-0.2, -0.15) is 4.37 Å². The quantitative estimate of drug-likeness (QED) is 0.670. The van der Waals surface area contributed by atoms with Crippen LogP contribution in [-0.2, 0) is 4.74 Å². The van der Waals surface area contributed by atoms with Crippen LogP contribution >= 0.6 is 23.3 Å². The number of ether oxygens (including phenoxy) is 2. The summed E-state index contributed by atoms with van der Waals surface area (Å²) in [6.07, 6.45) is 0.229. The second-order valence-corrected chi connectivity index (χ2v) is 3.01. The molecule has 0 radical (unpaired) electrons. The molecule has 2 heterocycles. The number of aromatic nitrogens is 2. The fourth-order valence-electron chi connectivity index (χ4n) is 0.592. The van der Waals surface area contributed by atoms with E-state index in [9.17, 15) is 0 Å². The van der Waals surface area contributed by atoms with E-state index in [1.807, 2.05) is 0 Å². The molecule has 1 aliphatic rings. The highest BCUT2D eigenvalue weighted by Crippen LogP contribution is 2.21. The topological polar surface area (TPSA) is 47.5 Å². The Hall–Kier alpha value is -0.390. The van der Waals surface area contributed by atoms with Gasteiger partial charge in [-0.1, -0.05) is 11.6 Å². The predicted molar refractivity (Wildman–Crippen MR) is 40.2 cm³/mol. The monoisotopic (exact) mass is 192 g/mol. The molecule has 11 heavy (non-hydrogen) atoms. The van der Waals surface area contributed by atoms with Crippen molar-refractivity contribution in [2.75, 3.05) is 13.2 Å². The number of halogens is 1. The van der Waals surface area contributed by atoms with E-state index in [1.165, 1.54) is 0 Å². The number of nitrogens with zero attached hydrogens (tertiary/aromatic N) is 2. The molecule has 1 fully saturated rings. The summed E-state index contributed by atoms with van der Waals surface area (Å²) in [6, 6.07) is 0. The van der Waals surface area contributed by atoms with E-state index in [0.29, 0.717) is 17.6 Å². The molecular formula is C5H5ClN2O2S. The maximum atomic E-state index is 5.61. The van der Waals surface area contributed by atoms with E-state index >= 15 is 0 Å². The Bertz CT molecular complexity index is 250. The summed E-state index contributed by atoms with van der Waals surface area (Å²) < 4.78 is 17.7. The normalized spacial score (nSPS) is 21.7. The molecule has 4 nitrogen and oxygen atoms in total. The lowest BCUT2D eigenvalue weighted by atomic mass is 10.5. The highest BCUT2D eigenvalue weighted by molar-refractivity contribution is 6.99. The van der Waals surface area contributed by atoms with E-state index < -0.39 is 0 Å². The van der Waals surface area contributed by atoms with Gasteiger partial charge in [0, 0.05) is 0 Å². The van der Waals surface area contributed by atoms with E-state index in [-0.39, 0.29) is 6.10 Å². The van der Waals surface area contributed by atoms with Crippen LogP contribution in [0.2, 0.25) is 5.15 Å². The number of epoxide rings is 1. The summed E-state index contributed by atoms with van der Waals surface area (Å²) in [7, 11) is 0. The minimum absolute atomic E-state index is 0.229. The first-order chi connectivity index (χ1) is 5.36. The van der Waals surface area contributed by atoms with Crippen LogP contribution in [0.25, 0.3) is 0 Å². The van der Waals surface area contributed by atoms with Crippen molar-refractivity contribution >= 4 is 23.3 Å². The molecule has 60 valence electrons. The van der Waals surface area contributed by atoms with Crippen LogP contribution < -0.4 is 4.74 Å². The molecule has 0 bridgehead atoms. The SMILES string of the molecule is Clc1nsnc1OCC1CO1. The Balaban J connectivity index is 1.89. The highest BCUT2D eigenvalue weighted by atomic mass is 35.5. The van der Waals surface area contributed by atoms with Gasteiger partial charge in [-0.15, -0.1) is 4.37 Å². The molecule has 1 aliphatic heterocycles. The fourth-order valence-corrected chi connectivity index (χ4v) is 1.24. The molecule has 6 heteroatoms. The van der Waals surface area contributed by atoms with E-state index in [4.69, 9.17) is 21.1 Å². The van der Waals surface area contributed by atoms with Crippen molar-refractivity contribution in [1.29, 1.82) is 0 Å². The van der Waals surface area contributed by atoms with Gasteiger partial charge in [-0.05, 0) is 0 Å². The minimum atomic E-state index is 0.229. The zero-order valence-corrected chi connectivity index (χ0v) is 7.06. The van der Waals surface area contributed by atoms with Crippen molar-refractivity contribution in [3.63, 3.8) is 0 Å². The molecular weight excluding hydrogens is 188 g/mol. The van der Waals surface area contributed by atoms with Gasteiger partial charge in [0.15, 0.2) is 0 Å². The molecule has 1 aromatic heterocycles. The lowest BCUT2D eigenvalue weighted by molar-refractivity contribution is 0.257. The van der Waals surface area contributed by atoms with Crippen LogP contribution in [0.1, 0.15) is 0 Å². The van der Waals surface area contributed by atoms with Gasteiger partial charge in [-0.3, -0.25) is 0 Å². The number of rotatable bonds is 3. The first kappa shape index (κ1) is 7.27. The van der Waals surface area contributed by atoms with Crippen molar-refractivity contribution in [1.82, 2.24) is 8.75 Å². The summed E-state index contributed by atoms with van der Waals surface area (Å²) in [4.78, 5) is 0. The van der Waals surface area contributed by atoms with Crippen molar-refractivity contribution in [2.45, 2.75) is 6.10 Å². The van der Waals surface area contributed by atoms with Crippen molar-refractivity contribution in [3.05, 3.63) is 5.15 Å². The molecule has 0 saturated carbocycles. The summed E-state index contributed by atoms with van der Waals surface area (Å²) in [5, 5.41) is 0.329. The maximum Gasteiger partial charge on any atom is 0.265 e. The Kier molecular flexibility index (Phi) is 1.93. The van der Waals surface area contributed by atoms with E-state index in [0.717, 1.165) is 18.3 Å². The molecule has 1 saturated heterocycles. The largest absolute Gasteiger partial charge is 0.472 e. The smallest absolute Gasteiger partial charge is 0.265 e. The lowest BCUT2D eigenvalue weighted by Crippen LogP contribution is -2.04. The Morgan fingerprint density at radius 2 is 2.55 bits per heavy atom. The standard InChI is InChI=1S/C5H5ClN2O2S/c6-4-5(8-11-7-4)10-2-3-1-9-3/h3H,1-2H2. The Morgan fingerprint density at radius 1 is 1.73 bits per heavy atom. The molecule has 0 amide bonds. The van der Waals surface area contributed by atoms with Crippen LogP contribution in [-0.4, -0.2) is 28.1 Å². The van der Waals surface area contributed by atoms with Gasteiger partial charge in [0.05, 0.1) is 18.3 Å². The third-order valence-corrected chi connectivity index (χ3v) is 2.09. The van der Waals surface area contributed by atoms with Crippen LogP contribution in [0.5, 0.6) is 5.88 Å². The first-order valence-corrected chi connectivity index (χ1v) is 4.19. The Labute approximate surface area is 72.4 Å². The van der Waals surface area contributed by atoms with Gasteiger partial charge in [0.2, 0.25) is 5.15 Å². The third kappa shape index (κ3) is 1.79. The number of hydrogen-bond donors (Lipinski definition) is 0. The Morgan fingerprint density at radius 3 is 3.09 bits per heavy atom. The van der Waals surface area contributed by atoms with Crippen LogP contribution in [0, 0.1) is 0 Å². The lowest BCUT2D eigenvalue weighted by Gasteiger charge is -1.96. The highest BCUT2D eigenvalue weighted by Gasteiger charge is 2.24. The van der Waals surface area contributed by atoms with Gasteiger partial charge >= 0.3 is 0 Å². The van der Waals surface area contributed by atoms with E-state index in [1.54, 1.807) is 0 Å². The average Bonchev–Trinajstić information content (AvgIpc) is 2.73. The number of hydrogen-bond acceptors (Lipinski definition) is 5. The molecule has 0 aliphatic carbocycles. The fraction of sp³-hybridized carbons (Fsp3) is 0.600. The maximum absolute atomic E-state index is 5.61. The van der Waals surface area contributed by atoms with E-state index in [2.05, 4.69) is 8.75 Å². The molecule has 1 aromatic rings. The summed E-state index contributed by atoms with van der Waals surface area (Å²) in [6.45, 7) is 1.29. The molecule has 2 rings (SSSR count). The molecule has 0 aromatic carbocycles. The predicted octanol–water partition coefficient (Wildman–Crippen LogP) is 0.969. The summed E-state index contributed by atoms with van der Waals surface area (Å²) in [5.74, 6) is 0.409. The average molecular weight is 193 g/mol. The molecule has 1 atom stereocenters. The first-order valence-electron chi connectivity index (χ1n) is 3.09. The van der Waals surface area contributed by atoms with Gasteiger partial charge in [-0.25, -0.2) is 0 Å². The van der Waals surface area contributed by atoms with Crippen molar-refractivity contribution in [3.8, 4) is 5.88 Å². The third-order valence-electron chi connectivity index (χ3n) is 1.23. The van der Waals surface area contributed by atoms with Crippen LogP contribution in [0.15, 0.2) is 0 Å². The summed E-state index contributed by atoms with van der Waals surface area (Å²) in [5.41, 5.74) is 0. The van der Waals surface area contributed by atoms with Crippen LogP contribution in [0.3, 0.4) is 0 Å². The van der Waals surface area contributed by atoms with Gasteiger partial charge in [0.25, 0.3) is 5.88 Å². The molecule has 0 N–H and O–H groups in total. The van der Waals surface area contributed by atoms with Gasteiger partial charge < -0.3 is 9.47 Å². The van der Waals surface area contributed by atoms with Gasteiger partial charge in [0.1, 0.15) is 12.7 Å². The minimum Gasteiger partial charge on any atom is -0.472 e. The molecule has 1 unspecified atom stereocenters. The summed E-state index contributed by atoms with van der Waals surface area (Å²) >= 11 is 6.66. The molecule has 0 spiro atoms. The van der Waals surface area contributed by atoms with Crippen LogP contribution in [0.4, 0.5) is 0 Å². The second kappa shape index (κ2) is 2.92. The van der Waals surface area contributed by atoms with Crippen molar-refractivity contribution < 1.29 is 9.47 Å². The second-order valence-electron chi connectivity index (χ2n) is 2.13. The zero-order valence-electron chi connectivity index (χ0n) is 5.49.